The van der Waals surface area contributed by atoms with Gasteiger partial charge < -0.3 is 15.0 Å². The highest BCUT2D eigenvalue weighted by atomic mass is 32.2. The third-order valence-corrected chi connectivity index (χ3v) is 4.47. The number of benzene rings is 1. The van der Waals surface area contributed by atoms with Crippen LogP contribution >= 0.6 is 0 Å². The number of anilines is 1. The van der Waals surface area contributed by atoms with Gasteiger partial charge in [0.05, 0.1) is 13.4 Å². The molecule has 2 amide bonds. The van der Waals surface area contributed by atoms with Crippen molar-refractivity contribution in [3.8, 4) is 5.75 Å². The van der Waals surface area contributed by atoms with Crippen LogP contribution in [0.3, 0.4) is 0 Å². The first-order valence-corrected chi connectivity index (χ1v) is 9.41. The van der Waals surface area contributed by atoms with Gasteiger partial charge in [-0.05, 0) is 43.0 Å². The van der Waals surface area contributed by atoms with Crippen molar-refractivity contribution in [3.05, 3.63) is 24.3 Å². The number of hydrogen-bond donors (Lipinski definition) is 2. The lowest BCUT2D eigenvalue weighted by molar-refractivity contribution is 0.178. The van der Waals surface area contributed by atoms with Crippen LogP contribution in [0.4, 0.5) is 10.5 Å². The normalized spacial score (nSPS) is 18.5. The van der Waals surface area contributed by atoms with Gasteiger partial charge in [-0.1, -0.05) is 0 Å². The average Bonchev–Trinajstić information content (AvgIpc) is 2.53. The third kappa shape index (κ3) is 5.72. The Hall–Kier alpha value is -1.80. The molecule has 1 aromatic carbocycles. The van der Waals surface area contributed by atoms with Crippen molar-refractivity contribution in [1.82, 2.24) is 9.62 Å². The lowest BCUT2D eigenvalue weighted by Crippen LogP contribution is -2.45. The van der Waals surface area contributed by atoms with Gasteiger partial charge in [-0.3, -0.25) is 0 Å². The van der Waals surface area contributed by atoms with Gasteiger partial charge in [0.1, 0.15) is 5.75 Å². The summed E-state index contributed by atoms with van der Waals surface area (Å²) < 4.78 is 29.9. The molecule has 0 aliphatic carbocycles. The zero-order chi connectivity index (χ0) is 16.9. The van der Waals surface area contributed by atoms with E-state index in [0.717, 1.165) is 24.8 Å². The fourth-order valence-electron chi connectivity index (χ4n) is 2.56. The Balaban J connectivity index is 1.88. The Morgan fingerprint density at radius 2 is 2.04 bits per heavy atom. The molecule has 0 aromatic heterocycles. The molecule has 1 heterocycles. The maximum absolute atomic E-state index is 12.3. The summed E-state index contributed by atoms with van der Waals surface area (Å²) in [5.41, 5.74) is 0.701. The summed E-state index contributed by atoms with van der Waals surface area (Å²) in [5, 5.41) is 2.85. The third-order valence-electron chi connectivity index (χ3n) is 3.78. The minimum absolute atomic E-state index is 0.139. The molecule has 8 heteroatoms. The number of ether oxygens (including phenoxy) is 1. The number of nitrogens with zero attached hydrogens (tertiary/aromatic N) is 1. The quantitative estimate of drug-likeness (QED) is 0.849. The van der Waals surface area contributed by atoms with Crippen LogP contribution in [-0.2, 0) is 10.0 Å². The van der Waals surface area contributed by atoms with E-state index in [4.69, 9.17) is 4.74 Å². The molecule has 1 atom stereocenters. The highest BCUT2D eigenvalue weighted by Gasteiger charge is 2.24. The number of carbonyl (C=O) groups is 1. The molecule has 1 aliphatic rings. The van der Waals surface area contributed by atoms with Crippen molar-refractivity contribution in [2.45, 2.75) is 12.8 Å². The van der Waals surface area contributed by atoms with Gasteiger partial charge in [0.2, 0.25) is 10.0 Å². The fourth-order valence-corrected chi connectivity index (χ4v) is 3.10. The Morgan fingerprint density at radius 3 is 2.65 bits per heavy atom. The van der Waals surface area contributed by atoms with Crippen LogP contribution in [0.25, 0.3) is 0 Å². The molecule has 0 saturated carbocycles. The molecule has 1 fully saturated rings. The molecule has 128 valence electrons. The summed E-state index contributed by atoms with van der Waals surface area (Å²) in [4.78, 5) is 14.0. The number of piperidine rings is 1. The van der Waals surface area contributed by atoms with E-state index >= 15 is 0 Å². The molecular formula is C15H23N3O4S. The van der Waals surface area contributed by atoms with Gasteiger partial charge in [-0.2, -0.15) is 0 Å². The van der Waals surface area contributed by atoms with Gasteiger partial charge in [0.25, 0.3) is 0 Å². The summed E-state index contributed by atoms with van der Waals surface area (Å²) in [5.74, 6) is 0.868. The van der Waals surface area contributed by atoms with E-state index in [0.29, 0.717) is 25.3 Å². The molecule has 23 heavy (non-hydrogen) atoms. The smallest absolute Gasteiger partial charge is 0.321 e. The van der Waals surface area contributed by atoms with Gasteiger partial charge in [-0.25, -0.2) is 17.9 Å². The SMILES string of the molecule is COc1ccc(NC(=O)N2CCCC(CNS(C)(=O)=O)C2)cc1. The van der Waals surface area contributed by atoms with Crippen LogP contribution in [0, 0.1) is 5.92 Å². The number of hydrogen-bond acceptors (Lipinski definition) is 4. The van der Waals surface area contributed by atoms with Crippen LogP contribution in [0.1, 0.15) is 12.8 Å². The number of amides is 2. The maximum atomic E-state index is 12.3. The van der Waals surface area contributed by atoms with Gasteiger partial charge in [0.15, 0.2) is 0 Å². The Kier molecular flexibility index (Phi) is 5.84. The van der Waals surface area contributed by atoms with Crippen molar-refractivity contribution in [2.75, 3.05) is 38.3 Å². The average molecular weight is 341 g/mol. The first-order valence-electron chi connectivity index (χ1n) is 7.52. The van der Waals surface area contributed by atoms with Gasteiger partial charge >= 0.3 is 6.03 Å². The van der Waals surface area contributed by atoms with E-state index in [9.17, 15) is 13.2 Å². The summed E-state index contributed by atoms with van der Waals surface area (Å²) >= 11 is 0. The first-order chi connectivity index (χ1) is 10.9. The summed E-state index contributed by atoms with van der Waals surface area (Å²) in [6.45, 7) is 1.59. The summed E-state index contributed by atoms with van der Waals surface area (Å²) in [6, 6.07) is 6.96. The Morgan fingerprint density at radius 1 is 1.35 bits per heavy atom. The van der Waals surface area contributed by atoms with Crippen LogP contribution in [-0.4, -0.2) is 52.3 Å². The van der Waals surface area contributed by atoms with Crippen molar-refractivity contribution in [2.24, 2.45) is 5.92 Å². The van der Waals surface area contributed by atoms with E-state index in [-0.39, 0.29) is 11.9 Å². The number of carbonyl (C=O) groups excluding carboxylic acids is 1. The number of rotatable bonds is 5. The van der Waals surface area contributed by atoms with E-state index in [1.165, 1.54) is 0 Å². The molecule has 1 aromatic rings. The molecular weight excluding hydrogens is 318 g/mol. The number of sulfonamides is 1. The maximum Gasteiger partial charge on any atom is 0.321 e. The molecule has 1 saturated heterocycles. The summed E-state index contributed by atoms with van der Waals surface area (Å²) in [7, 11) is -1.61. The van der Waals surface area contributed by atoms with E-state index < -0.39 is 10.0 Å². The highest BCUT2D eigenvalue weighted by Crippen LogP contribution is 2.19. The zero-order valence-electron chi connectivity index (χ0n) is 13.4. The zero-order valence-corrected chi connectivity index (χ0v) is 14.2. The second-order valence-corrected chi connectivity index (χ2v) is 7.57. The first kappa shape index (κ1) is 17.6. The van der Waals surface area contributed by atoms with Crippen molar-refractivity contribution < 1.29 is 17.9 Å². The molecule has 0 radical (unpaired) electrons. The van der Waals surface area contributed by atoms with E-state index in [1.54, 1.807) is 36.3 Å². The number of likely N-dealkylation sites (tertiary alicyclic amines) is 1. The van der Waals surface area contributed by atoms with Crippen molar-refractivity contribution >= 4 is 21.7 Å². The van der Waals surface area contributed by atoms with Crippen LogP contribution in [0.5, 0.6) is 5.75 Å². The Bertz CT molecular complexity index is 631. The number of methoxy groups -OCH3 is 1. The van der Waals surface area contributed by atoms with E-state index in [1.807, 2.05) is 0 Å². The second-order valence-electron chi connectivity index (χ2n) is 5.73. The van der Waals surface area contributed by atoms with Gasteiger partial charge in [0, 0.05) is 25.3 Å². The molecule has 2 rings (SSSR count). The van der Waals surface area contributed by atoms with Gasteiger partial charge in [-0.15, -0.1) is 0 Å². The molecule has 0 spiro atoms. The largest absolute Gasteiger partial charge is 0.497 e. The molecule has 0 bridgehead atoms. The lowest BCUT2D eigenvalue weighted by atomic mass is 9.99. The topological polar surface area (TPSA) is 87.7 Å². The molecule has 7 nitrogen and oxygen atoms in total. The van der Waals surface area contributed by atoms with Crippen LogP contribution in [0.15, 0.2) is 24.3 Å². The molecule has 2 N–H and O–H groups in total. The minimum Gasteiger partial charge on any atom is -0.497 e. The predicted molar refractivity (Wildman–Crippen MR) is 89.2 cm³/mol. The fraction of sp³-hybridized carbons (Fsp3) is 0.533. The number of urea groups is 1. The monoisotopic (exact) mass is 341 g/mol. The van der Waals surface area contributed by atoms with E-state index in [2.05, 4.69) is 10.0 Å². The lowest BCUT2D eigenvalue weighted by Gasteiger charge is -2.32. The van der Waals surface area contributed by atoms with Crippen LogP contribution < -0.4 is 14.8 Å². The minimum atomic E-state index is -3.20. The molecule has 1 aliphatic heterocycles. The second kappa shape index (κ2) is 7.65. The standard InChI is InChI=1S/C15H23N3O4S/c1-22-14-7-5-13(6-8-14)17-15(19)18-9-3-4-12(11-18)10-16-23(2,20)21/h5-8,12,16H,3-4,9-11H2,1-2H3,(H,17,19). The predicted octanol–water partition coefficient (Wildman–Crippen LogP) is 1.49. The Labute approximate surface area is 137 Å². The van der Waals surface area contributed by atoms with Crippen LogP contribution in [0.2, 0.25) is 0 Å². The highest BCUT2D eigenvalue weighted by molar-refractivity contribution is 7.88. The number of nitrogens with one attached hydrogen (secondary N) is 2. The summed E-state index contributed by atoms with van der Waals surface area (Å²) in [6.07, 6.45) is 2.92. The molecule has 1 unspecified atom stereocenters. The van der Waals surface area contributed by atoms with Crippen molar-refractivity contribution in [3.63, 3.8) is 0 Å². The van der Waals surface area contributed by atoms with Crippen molar-refractivity contribution in [1.29, 1.82) is 0 Å².